The summed E-state index contributed by atoms with van der Waals surface area (Å²) in [5.74, 6) is -2.04. The second-order valence-corrected chi connectivity index (χ2v) is 7.30. The number of Topliss-reactive ketones (excluding diaryl/α,β-unsaturated/α-hetero) is 1. The Balaban J connectivity index is 1.91. The van der Waals surface area contributed by atoms with Gasteiger partial charge in [0.2, 0.25) is 0 Å². The van der Waals surface area contributed by atoms with Crippen molar-refractivity contribution in [1.82, 2.24) is 0 Å². The van der Waals surface area contributed by atoms with Gasteiger partial charge in [0.1, 0.15) is 5.76 Å². The zero-order chi connectivity index (χ0) is 22.1. The van der Waals surface area contributed by atoms with Crippen LogP contribution in [0, 0.1) is 10.1 Å². The maximum absolute atomic E-state index is 13.0. The van der Waals surface area contributed by atoms with Crippen LogP contribution in [-0.4, -0.2) is 21.7 Å². The number of hydrogen-bond acceptors (Lipinski definition) is 5. The second-order valence-electron chi connectivity index (χ2n) is 6.86. The van der Waals surface area contributed by atoms with Crippen molar-refractivity contribution < 1.29 is 19.6 Å². The molecular weight excluding hydrogens is 420 g/mol. The van der Waals surface area contributed by atoms with Gasteiger partial charge in [-0.05, 0) is 42.0 Å². The van der Waals surface area contributed by atoms with E-state index in [1.807, 2.05) is 0 Å². The first kappa shape index (κ1) is 20.3. The van der Waals surface area contributed by atoms with Crippen molar-refractivity contribution in [3.8, 4) is 0 Å². The van der Waals surface area contributed by atoms with Crippen molar-refractivity contribution >= 4 is 40.4 Å². The van der Waals surface area contributed by atoms with Crippen molar-refractivity contribution in [1.29, 1.82) is 0 Å². The van der Waals surface area contributed by atoms with Crippen LogP contribution in [-0.2, 0) is 9.59 Å². The molecule has 0 aromatic heterocycles. The molecule has 0 bridgehead atoms. The lowest BCUT2D eigenvalue weighted by atomic mass is 9.95. The molecule has 1 amide bonds. The highest BCUT2D eigenvalue weighted by Crippen LogP contribution is 2.42. The first-order valence-corrected chi connectivity index (χ1v) is 9.62. The molecule has 31 heavy (non-hydrogen) atoms. The van der Waals surface area contributed by atoms with Crippen LogP contribution >= 0.6 is 11.6 Å². The minimum Gasteiger partial charge on any atom is -0.507 e. The highest BCUT2D eigenvalue weighted by Gasteiger charge is 2.46. The first-order chi connectivity index (χ1) is 14.9. The number of ketones is 1. The molecule has 4 rings (SSSR count). The van der Waals surface area contributed by atoms with Gasteiger partial charge in [-0.25, -0.2) is 0 Å². The predicted molar refractivity (Wildman–Crippen MR) is 116 cm³/mol. The van der Waals surface area contributed by atoms with Gasteiger partial charge in [-0.15, -0.1) is 0 Å². The zero-order valence-corrected chi connectivity index (χ0v) is 16.7. The Morgan fingerprint density at radius 1 is 0.935 bits per heavy atom. The normalized spacial score (nSPS) is 17.7. The predicted octanol–water partition coefficient (Wildman–Crippen LogP) is 4.87. The van der Waals surface area contributed by atoms with Crippen LogP contribution in [0.5, 0.6) is 0 Å². The van der Waals surface area contributed by atoms with Crippen molar-refractivity contribution in [2.75, 3.05) is 4.90 Å². The van der Waals surface area contributed by atoms with Gasteiger partial charge in [-0.2, -0.15) is 0 Å². The molecule has 1 aliphatic rings. The molecule has 0 aliphatic carbocycles. The summed E-state index contributed by atoms with van der Waals surface area (Å²) in [6, 6.07) is 19.5. The quantitative estimate of drug-likeness (QED) is 0.207. The minimum absolute atomic E-state index is 0.106. The van der Waals surface area contributed by atoms with Gasteiger partial charge in [0.05, 0.1) is 16.5 Å². The van der Waals surface area contributed by atoms with Crippen LogP contribution < -0.4 is 4.90 Å². The van der Waals surface area contributed by atoms with Crippen molar-refractivity contribution in [2.45, 2.75) is 6.04 Å². The van der Waals surface area contributed by atoms with E-state index >= 15 is 0 Å². The van der Waals surface area contributed by atoms with Crippen LogP contribution in [0.25, 0.3) is 5.76 Å². The Bertz CT molecular complexity index is 1200. The molecule has 0 spiro atoms. The molecule has 1 fully saturated rings. The Morgan fingerprint density at radius 2 is 1.55 bits per heavy atom. The number of amides is 1. The Labute approximate surface area is 182 Å². The summed E-state index contributed by atoms with van der Waals surface area (Å²) < 4.78 is 0. The summed E-state index contributed by atoms with van der Waals surface area (Å²) in [6.45, 7) is 0. The molecule has 1 saturated heterocycles. The van der Waals surface area contributed by atoms with Crippen LogP contribution in [0.15, 0.2) is 84.4 Å². The zero-order valence-electron chi connectivity index (χ0n) is 15.9. The highest BCUT2D eigenvalue weighted by molar-refractivity contribution is 6.51. The number of nitrogens with zero attached hydrogens (tertiary/aromatic N) is 2. The van der Waals surface area contributed by atoms with E-state index in [4.69, 9.17) is 11.6 Å². The Morgan fingerprint density at radius 3 is 2.13 bits per heavy atom. The van der Waals surface area contributed by atoms with E-state index < -0.39 is 28.4 Å². The van der Waals surface area contributed by atoms with Gasteiger partial charge in [0, 0.05) is 28.4 Å². The van der Waals surface area contributed by atoms with Crippen LogP contribution in [0.3, 0.4) is 0 Å². The fourth-order valence-corrected chi connectivity index (χ4v) is 3.67. The van der Waals surface area contributed by atoms with Crippen molar-refractivity contribution in [2.24, 2.45) is 0 Å². The van der Waals surface area contributed by atoms with E-state index in [1.54, 1.807) is 54.6 Å². The van der Waals surface area contributed by atoms with E-state index in [0.717, 1.165) is 0 Å². The maximum Gasteiger partial charge on any atom is 0.300 e. The maximum atomic E-state index is 13.0. The summed E-state index contributed by atoms with van der Waals surface area (Å²) in [4.78, 5) is 37.6. The van der Waals surface area contributed by atoms with Gasteiger partial charge in [0.25, 0.3) is 17.4 Å². The largest absolute Gasteiger partial charge is 0.507 e. The van der Waals surface area contributed by atoms with Crippen LogP contribution in [0.4, 0.5) is 11.4 Å². The summed E-state index contributed by atoms with van der Waals surface area (Å²) in [5, 5.41) is 22.4. The number of halogens is 1. The molecule has 1 heterocycles. The van der Waals surface area contributed by atoms with E-state index in [9.17, 15) is 24.8 Å². The number of nitro groups is 1. The van der Waals surface area contributed by atoms with E-state index in [1.165, 1.54) is 29.2 Å². The lowest BCUT2D eigenvalue weighted by molar-refractivity contribution is -0.384. The molecule has 0 unspecified atom stereocenters. The average molecular weight is 435 g/mol. The lowest BCUT2D eigenvalue weighted by Crippen LogP contribution is -2.29. The number of carbonyl (C=O) groups is 2. The second kappa shape index (κ2) is 8.04. The van der Waals surface area contributed by atoms with Gasteiger partial charge >= 0.3 is 0 Å². The number of aliphatic hydroxyl groups excluding tert-OH is 1. The number of hydrogen-bond donors (Lipinski definition) is 1. The Kier molecular flexibility index (Phi) is 5.27. The third kappa shape index (κ3) is 3.67. The molecule has 8 heteroatoms. The third-order valence-electron chi connectivity index (χ3n) is 5.02. The molecular formula is C23H15ClN2O5. The summed E-state index contributed by atoms with van der Waals surface area (Å²) in [6.07, 6.45) is 0. The number of carbonyl (C=O) groups excluding carboxylic acids is 2. The molecule has 1 N–H and O–H groups in total. The standard InChI is InChI=1S/C23H15ClN2O5/c24-16-10-6-14(7-11-16)20-19(21(27)15-8-12-18(13-9-15)26(30)31)22(28)23(29)25(20)17-4-2-1-3-5-17/h1-13,20,27H/t20-/m1/s1. The minimum atomic E-state index is -0.894. The molecule has 0 radical (unpaired) electrons. The summed E-state index contributed by atoms with van der Waals surface area (Å²) in [5.41, 5.74) is 0.999. The average Bonchev–Trinajstić information content (AvgIpc) is 3.05. The number of aliphatic hydroxyl groups is 1. The molecule has 3 aromatic carbocycles. The molecule has 0 saturated carbocycles. The number of nitro benzene ring substituents is 1. The van der Waals surface area contributed by atoms with E-state index in [0.29, 0.717) is 16.3 Å². The number of benzene rings is 3. The van der Waals surface area contributed by atoms with Crippen molar-refractivity contribution in [3.05, 3.63) is 111 Å². The van der Waals surface area contributed by atoms with Crippen LogP contribution in [0.1, 0.15) is 17.2 Å². The van der Waals surface area contributed by atoms with E-state index in [2.05, 4.69) is 0 Å². The topological polar surface area (TPSA) is 101 Å². The molecule has 1 aliphatic heterocycles. The number of para-hydroxylation sites is 1. The van der Waals surface area contributed by atoms with Gasteiger partial charge in [-0.3, -0.25) is 24.6 Å². The van der Waals surface area contributed by atoms with E-state index in [-0.39, 0.29) is 16.8 Å². The number of rotatable bonds is 4. The molecule has 154 valence electrons. The molecule has 3 aromatic rings. The highest BCUT2D eigenvalue weighted by atomic mass is 35.5. The third-order valence-corrected chi connectivity index (χ3v) is 5.27. The smallest absolute Gasteiger partial charge is 0.300 e. The van der Waals surface area contributed by atoms with Gasteiger partial charge < -0.3 is 5.11 Å². The lowest BCUT2D eigenvalue weighted by Gasteiger charge is -2.25. The first-order valence-electron chi connectivity index (χ1n) is 9.25. The van der Waals surface area contributed by atoms with Crippen molar-refractivity contribution in [3.63, 3.8) is 0 Å². The SMILES string of the molecule is O=C1C(=O)N(c2ccccc2)[C@H](c2ccc(Cl)cc2)C1=C(O)c1ccc([N+](=O)[O-])cc1. The summed E-state index contributed by atoms with van der Waals surface area (Å²) in [7, 11) is 0. The monoisotopic (exact) mass is 434 g/mol. The van der Waals surface area contributed by atoms with Gasteiger partial charge in [-0.1, -0.05) is 41.9 Å². The fraction of sp³-hybridized carbons (Fsp3) is 0.0435. The summed E-state index contributed by atoms with van der Waals surface area (Å²) >= 11 is 6.00. The van der Waals surface area contributed by atoms with Crippen LogP contribution in [0.2, 0.25) is 5.02 Å². The number of non-ortho nitro benzene ring substituents is 1. The Hall–Kier alpha value is -3.97. The molecule has 7 nitrogen and oxygen atoms in total. The fourth-order valence-electron chi connectivity index (χ4n) is 3.54. The van der Waals surface area contributed by atoms with Gasteiger partial charge in [0.15, 0.2) is 0 Å². The molecule has 1 atom stereocenters. The number of anilines is 1.